The number of aromatic carboxylic acids is 2. The van der Waals surface area contributed by atoms with Crippen LogP contribution in [-0.4, -0.2) is 22.2 Å². The van der Waals surface area contributed by atoms with Crippen molar-refractivity contribution in [3.63, 3.8) is 0 Å². The molecule has 0 spiro atoms. The molecule has 0 atom stereocenters. The summed E-state index contributed by atoms with van der Waals surface area (Å²) >= 11 is 0. The number of benzene rings is 5. The van der Waals surface area contributed by atoms with Crippen LogP contribution in [0.25, 0.3) is 22.3 Å². The Morgan fingerprint density at radius 3 is 1.38 bits per heavy atom. The number of nitrogens with zero attached hydrogens (tertiary/aromatic N) is 1. The summed E-state index contributed by atoms with van der Waals surface area (Å²) in [5, 5.41) is 18.6. The molecule has 0 heterocycles. The molecule has 0 aliphatic heterocycles. The summed E-state index contributed by atoms with van der Waals surface area (Å²) in [6.07, 6.45) is 0. The van der Waals surface area contributed by atoms with Crippen LogP contribution >= 0.6 is 0 Å². The van der Waals surface area contributed by atoms with Crippen LogP contribution in [-0.2, 0) is 0 Å². The Labute approximate surface area is 214 Å². The van der Waals surface area contributed by atoms with Gasteiger partial charge in [-0.25, -0.2) is 9.59 Å². The Bertz CT molecular complexity index is 1510. The summed E-state index contributed by atoms with van der Waals surface area (Å²) in [6, 6.07) is 39.8. The van der Waals surface area contributed by atoms with Crippen molar-refractivity contribution < 1.29 is 19.8 Å². The second-order valence-electron chi connectivity index (χ2n) is 8.50. The number of rotatable bonds is 7. The zero-order valence-electron chi connectivity index (χ0n) is 19.8. The normalized spacial score (nSPS) is 10.6. The highest BCUT2D eigenvalue weighted by Crippen LogP contribution is 2.42. The van der Waals surface area contributed by atoms with Gasteiger partial charge in [-0.05, 0) is 71.3 Å². The molecule has 0 fully saturated rings. The molecule has 0 aliphatic carbocycles. The van der Waals surface area contributed by atoms with Crippen LogP contribution in [0.15, 0.2) is 127 Å². The van der Waals surface area contributed by atoms with Crippen molar-refractivity contribution in [1.82, 2.24) is 0 Å². The van der Waals surface area contributed by atoms with E-state index in [4.69, 9.17) is 0 Å². The van der Waals surface area contributed by atoms with Gasteiger partial charge in [-0.3, -0.25) is 0 Å². The Hall–Kier alpha value is -5.16. The first-order chi connectivity index (χ1) is 18.0. The van der Waals surface area contributed by atoms with Gasteiger partial charge in [-0.1, -0.05) is 72.8 Å². The van der Waals surface area contributed by atoms with Crippen molar-refractivity contribution in [2.45, 2.75) is 0 Å². The quantitative estimate of drug-likeness (QED) is 0.245. The predicted molar refractivity (Wildman–Crippen MR) is 146 cm³/mol. The summed E-state index contributed by atoms with van der Waals surface area (Å²) in [5.74, 6) is -1.94. The summed E-state index contributed by atoms with van der Waals surface area (Å²) in [7, 11) is 0. The lowest BCUT2D eigenvalue weighted by Crippen LogP contribution is -2.11. The van der Waals surface area contributed by atoms with Gasteiger partial charge >= 0.3 is 11.9 Å². The minimum atomic E-state index is -0.970. The molecule has 0 unspecified atom stereocenters. The molecule has 2 N–H and O–H groups in total. The van der Waals surface area contributed by atoms with Crippen molar-refractivity contribution in [1.29, 1.82) is 0 Å². The van der Waals surface area contributed by atoms with Crippen molar-refractivity contribution in [3.8, 4) is 22.3 Å². The molecule has 5 heteroatoms. The van der Waals surface area contributed by atoms with E-state index < -0.39 is 11.9 Å². The third-order valence-electron chi connectivity index (χ3n) is 6.18. The van der Waals surface area contributed by atoms with Gasteiger partial charge < -0.3 is 15.1 Å². The average Bonchev–Trinajstić information content (AvgIpc) is 2.94. The molecular weight excluding hydrogens is 462 g/mol. The minimum absolute atomic E-state index is 0.225. The molecule has 5 nitrogen and oxygen atoms in total. The highest BCUT2D eigenvalue weighted by molar-refractivity contribution is 5.93. The molecule has 0 radical (unpaired) electrons. The standard InChI is InChI=1S/C32H23NO4/c34-31(35)24-15-11-22(12-16-24)26-19-20-29(23-13-17-25(18-14-23)32(36)37)30(21-26)33(27-7-3-1-4-8-27)28-9-5-2-6-10-28/h1-21H,(H,34,35)(H,36,37). The lowest BCUT2D eigenvalue weighted by Gasteiger charge is -2.28. The predicted octanol–water partition coefficient (Wildman–Crippen LogP) is 7.89. The van der Waals surface area contributed by atoms with Gasteiger partial charge in [-0.2, -0.15) is 0 Å². The van der Waals surface area contributed by atoms with Gasteiger partial charge in [0.1, 0.15) is 0 Å². The van der Waals surface area contributed by atoms with Crippen molar-refractivity contribution in [2.75, 3.05) is 4.90 Å². The molecule has 180 valence electrons. The zero-order valence-corrected chi connectivity index (χ0v) is 19.8. The smallest absolute Gasteiger partial charge is 0.335 e. The van der Waals surface area contributed by atoms with Crippen LogP contribution in [0.1, 0.15) is 20.7 Å². The fraction of sp³-hybridized carbons (Fsp3) is 0. The number of anilines is 3. The van der Waals surface area contributed by atoms with Gasteiger partial charge in [-0.15, -0.1) is 0 Å². The van der Waals surface area contributed by atoms with Crippen molar-refractivity contribution in [2.24, 2.45) is 0 Å². The molecule has 0 saturated heterocycles. The lowest BCUT2D eigenvalue weighted by molar-refractivity contribution is 0.0686. The Kier molecular flexibility index (Phi) is 6.51. The summed E-state index contributed by atoms with van der Waals surface area (Å²) < 4.78 is 0. The second kappa shape index (κ2) is 10.2. The molecular formula is C32H23NO4. The van der Waals surface area contributed by atoms with E-state index in [-0.39, 0.29) is 11.1 Å². The van der Waals surface area contributed by atoms with Gasteiger partial charge in [0.15, 0.2) is 0 Å². The summed E-state index contributed by atoms with van der Waals surface area (Å²) in [6.45, 7) is 0. The van der Waals surface area contributed by atoms with E-state index >= 15 is 0 Å². The van der Waals surface area contributed by atoms with Crippen molar-refractivity contribution in [3.05, 3.63) is 139 Å². The fourth-order valence-corrected chi connectivity index (χ4v) is 4.32. The highest BCUT2D eigenvalue weighted by Gasteiger charge is 2.18. The van der Waals surface area contributed by atoms with Crippen molar-refractivity contribution >= 4 is 29.0 Å². The van der Waals surface area contributed by atoms with Gasteiger partial charge in [0.25, 0.3) is 0 Å². The summed E-state index contributed by atoms with van der Waals surface area (Å²) in [4.78, 5) is 24.9. The molecule has 5 aromatic rings. The Morgan fingerprint density at radius 2 is 0.919 bits per heavy atom. The first-order valence-corrected chi connectivity index (χ1v) is 11.7. The fourth-order valence-electron chi connectivity index (χ4n) is 4.32. The Morgan fingerprint density at radius 1 is 0.486 bits per heavy atom. The van der Waals surface area contributed by atoms with E-state index in [9.17, 15) is 19.8 Å². The molecule has 0 aliphatic rings. The maximum absolute atomic E-state index is 11.4. The monoisotopic (exact) mass is 485 g/mol. The SMILES string of the molecule is O=C(O)c1ccc(-c2ccc(-c3ccc(C(=O)O)cc3)c(N(c3ccccc3)c3ccccc3)c2)cc1. The average molecular weight is 486 g/mol. The van der Waals surface area contributed by atoms with E-state index in [0.717, 1.165) is 39.3 Å². The minimum Gasteiger partial charge on any atom is -0.478 e. The number of carboxylic acid groups (broad SMARTS) is 2. The van der Waals surface area contributed by atoms with Crippen LogP contribution in [0.4, 0.5) is 17.1 Å². The van der Waals surface area contributed by atoms with E-state index in [1.54, 1.807) is 36.4 Å². The van der Waals surface area contributed by atoms with Crippen LogP contribution in [0.3, 0.4) is 0 Å². The van der Waals surface area contributed by atoms with Crippen LogP contribution in [0.5, 0.6) is 0 Å². The lowest BCUT2D eigenvalue weighted by atomic mass is 9.96. The zero-order chi connectivity index (χ0) is 25.8. The van der Waals surface area contributed by atoms with E-state index in [1.807, 2.05) is 84.9 Å². The van der Waals surface area contributed by atoms with Gasteiger partial charge in [0, 0.05) is 16.9 Å². The van der Waals surface area contributed by atoms with E-state index in [2.05, 4.69) is 11.0 Å². The number of para-hydroxylation sites is 2. The molecule has 0 aromatic heterocycles. The Balaban J connectivity index is 1.72. The maximum atomic E-state index is 11.4. The molecule has 0 saturated carbocycles. The largest absolute Gasteiger partial charge is 0.478 e. The number of hydrogen-bond donors (Lipinski definition) is 2. The van der Waals surface area contributed by atoms with Crippen LogP contribution < -0.4 is 4.90 Å². The van der Waals surface area contributed by atoms with Crippen LogP contribution in [0, 0.1) is 0 Å². The molecule has 0 bridgehead atoms. The topological polar surface area (TPSA) is 77.8 Å². The summed E-state index contributed by atoms with van der Waals surface area (Å²) in [5.41, 5.74) is 6.92. The molecule has 37 heavy (non-hydrogen) atoms. The molecule has 5 rings (SSSR count). The first-order valence-electron chi connectivity index (χ1n) is 11.7. The van der Waals surface area contributed by atoms with Gasteiger partial charge in [0.2, 0.25) is 0 Å². The van der Waals surface area contributed by atoms with Crippen LogP contribution in [0.2, 0.25) is 0 Å². The molecule has 5 aromatic carbocycles. The van der Waals surface area contributed by atoms with Gasteiger partial charge in [0.05, 0.1) is 16.8 Å². The third kappa shape index (κ3) is 4.97. The molecule has 0 amide bonds. The van der Waals surface area contributed by atoms with E-state index in [0.29, 0.717) is 0 Å². The maximum Gasteiger partial charge on any atom is 0.335 e. The van der Waals surface area contributed by atoms with E-state index in [1.165, 1.54) is 0 Å². The highest BCUT2D eigenvalue weighted by atomic mass is 16.4. The first kappa shape index (κ1) is 23.6. The second-order valence-corrected chi connectivity index (χ2v) is 8.50. The number of hydrogen-bond acceptors (Lipinski definition) is 3. The number of carbonyl (C=O) groups is 2. The number of carboxylic acids is 2. The third-order valence-corrected chi connectivity index (χ3v) is 6.18.